The summed E-state index contributed by atoms with van der Waals surface area (Å²) in [7, 11) is 0. The number of nitrogens with zero attached hydrogens (tertiary/aromatic N) is 2. The topological polar surface area (TPSA) is 123 Å². The molecule has 9 heteroatoms. The van der Waals surface area contributed by atoms with E-state index < -0.39 is 23.7 Å². The average molecular weight is 359 g/mol. The van der Waals surface area contributed by atoms with Crippen LogP contribution in [0.15, 0.2) is 46.6 Å². The summed E-state index contributed by atoms with van der Waals surface area (Å²) in [5.74, 6) is -2.31. The maximum Gasteiger partial charge on any atom is 0.240 e. The molecule has 1 aromatic carbocycles. The molecule has 1 atom stereocenters. The summed E-state index contributed by atoms with van der Waals surface area (Å²) < 4.78 is 0. The highest BCUT2D eigenvalue weighted by molar-refractivity contribution is 8.15. The number of amidine groups is 1. The van der Waals surface area contributed by atoms with Gasteiger partial charge in [0.15, 0.2) is 5.17 Å². The third-order valence-electron chi connectivity index (χ3n) is 2.97. The third kappa shape index (κ3) is 6.60. The Hall–Kier alpha value is -2.94. The number of hydrogen-bond acceptors (Lipinski definition) is 7. The van der Waals surface area contributed by atoms with Crippen molar-refractivity contribution in [2.75, 3.05) is 6.54 Å². The molecule has 2 N–H and O–H groups in total. The number of carbonyl (C=O) groups excluding carboxylic acids is 3. The number of carboxylic acids is 1. The molecule has 0 radical (unpaired) electrons. The lowest BCUT2D eigenvalue weighted by Gasteiger charge is -2.07. The summed E-state index contributed by atoms with van der Waals surface area (Å²) in [5.41, 5.74) is 1.02. The molecule has 0 bridgehead atoms. The van der Waals surface area contributed by atoms with E-state index in [0.717, 1.165) is 17.3 Å². The second-order valence-electron chi connectivity index (χ2n) is 4.89. The molecule has 130 valence electrons. The van der Waals surface area contributed by atoms with Crippen LogP contribution in [0.25, 0.3) is 6.08 Å². The van der Waals surface area contributed by atoms with Crippen LogP contribution in [0.4, 0.5) is 0 Å². The Labute approximate surface area is 148 Å². The van der Waals surface area contributed by atoms with E-state index in [1.54, 1.807) is 6.08 Å². The molecule has 1 aromatic rings. The zero-order valence-corrected chi connectivity index (χ0v) is 13.9. The molecule has 0 aliphatic carbocycles. The Bertz CT molecular complexity index is 731. The van der Waals surface area contributed by atoms with Gasteiger partial charge in [0.1, 0.15) is 5.25 Å². The minimum Gasteiger partial charge on any atom is -0.548 e. The van der Waals surface area contributed by atoms with Gasteiger partial charge in [0.25, 0.3) is 0 Å². The first kappa shape index (κ1) is 18.4. The van der Waals surface area contributed by atoms with Crippen LogP contribution in [0.3, 0.4) is 0 Å². The van der Waals surface area contributed by atoms with Crippen molar-refractivity contribution in [1.82, 2.24) is 10.6 Å². The van der Waals surface area contributed by atoms with Crippen molar-refractivity contribution < 1.29 is 19.5 Å². The van der Waals surface area contributed by atoms with Crippen LogP contribution in [0.1, 0.15) is 12.0 Å². The van der Waals surface area contributed by atoms with Crippen molar-refractivity contribution >= 4 is 47.0 Å². The lowest BCUT2D eigenvalue weighted by molar-refractivity contribution is -0.304. The molecule has 1 heterocycles. The maximum absolute atomic E-state index is 11.7. The van der Waals surface area contributed by atoms with Gasteiger partial charge in [-0.05, 0) is 11.6 Å². The fraction of sp³-hybridized carbons (Fsp3) is 0.188. The van der Waals surface area contributed by atoms with Gasteiger partial charge >= 0.3 is 0 Å². The summed E-state index contributed by atoms with van der Waals surface area (Å²) >= 11 is 1.06. The smallest absolute Gasteiger partial charge is 0.240 e. The first-order chi connectivity index (χ1) is 12.0. The van der Waals surface area contributed by atoms with E-state index in [2.05, 4.69) is 20.8 Å². The van der Waals surface area contributed by atoms with Gasteiger partial charge in [-0.1, -0.05) is 48.2 Å². The van der Waals surface area contributed by atoms with Crippen LogP contribution < -0.4 is 15.7 Å². The van der Waals surface area contributed by atoms with Crippen molar-refractivity contribution in [3.05, 3.63) is 42.0 Å². The molecule has 25 heavy (non-hydrogen) atoms. The number of benzene rings is 1. The molecule has 8 nitrogen and oxygen atoms in total. The number of nitrogens with one attached hydrogen (secondary N) is 2. The molecule has 0 unspecified atom stereocenters. The van der Waals surface area contributed by atoms with Crippen LogP contribution >= 0.6 is 11.8 Å². The number of carboxylic acid groups (broad SMARTS) is 1. The Kier molecular flexibility index (Phi) is 6.90. The molecule has 0 spiro atoms. The van der Waals surface area contributed by atoms with Crippen LogP contribution in [0, 0.1) is 0 Å². The van der Waals surface area contributed by atoms with Gasteiger partial charge in [-0.15, -0.1) is 5.10 Å². The second kappa shape index (κ2) is 9.38. The summed E-state index contributed by atoms with van der Waals surface area (Å²) in [6.07, 6.45) is 4.90. The first-order valence-corrected chi connectivity index (χ1v) is 8.19. The summed E-state index contributed by atoms with van der Waals surface area (Å²) in [6.45, 7) is -0.586. The molecule has 0 aromatic heterocycles. The van der Waals surface area contributed by atoms with Gasteiger partial charge in [0, 0.05) is 12.6 Å². The molecule has 1 saturated heterocycles. The van der Waals surface area contributed by atoms with E-state index in [4.69, 9.17) is 0 Å². The molecular formula is C16H15N4O4S-. The Morgan fingerprint density at radius 1 is 1.32 bits per heavy atom. The highest BCUT2D eigenvalue weighted by Gasteiger charge is 2.32. The Balaban J connectivity index is 1.81. The number of hydrogen-bond donors (Lipinski definition) is 2. The minimum atomic E-state index is -1.39. The molecule has 1 fully saturated rings. The van der Waals surface area contributed by atoms with Crippen molar-refractivity contribution in [3.63, 3.8) is 0 Å². The van der Waals surface area contributed by atoms with E-state index in [1.165, 1.54) is 6.21 Å². The van der Waals surface area contributed by atoms with E-state index in [-0.39, 0.29) is 17.5 Å². The molecule has 0 saturated carbocycles. The monoisotopic (exact) mass is 359 g/mol. The lowest BCUT2D eigenvalue weighted by atomic mass is 10.2. The normalized spacial score (nSPS) is 18.8. The predicted octanol–water partition coefficient (Wildman–Crippen LogP) is -0.471. The van der Waals surface area contributed by atoms with Crippen molar-refractivity contribution in [1.29, 1.82) is 0 Å². The summed E-state index contributed by atoms with van der Waals surface area (Å²) in [6, 6.07) is 9.65. The SMILES string of the molecule is O=C([O-])CNC(=O)C[C@@H]1S/C(=N/N=C\C=C\c2ccccc2)NC1=O. The predicted molar refractivity (Wildman–Crippen MR) is 93.6 cm³/mol. The number of rotatable bonds is 7. The average Bonchev–Trinajstić information content (AvgIpc) is 2.93. The van der Waals surface area contributed by atoms with E-state index >= 15 is 0 Å². The van der Waals surface area contributed by atoms with E-state index in [0.29, 0.717) is 0 Å². The maximum atomic E-state index is 11.7. The Morgan fingerprint density at radius 2 is 2.08 bits per heavy atom. The van der Waals surface area contributed by atoms with Crippen LogP contribution in [-0.4, -0.2) is 41.0 Å². The second-order valence-corrected chi connectivity index (χ2v) is 6.08. The van der Waals surface area contributed by atoms with E-state index in [9.17, 15) is 19.5 Å². The van der Waals surface area contributed by atoms with Gasteiger partial charge in [0.2, 0.25) is 11.8 Å². The van der Waals surface area contributed by atoms with Gasteiger partial charge < -0.3 is 20.5 Å². The molecular weight excluding hydrogens is 344 g/mol. The van der Waals surface area contributed by atoms with Gasteiger partial charge in [0.05, 0.1) is 12.5 Å². The van der Waals surface area contributed by atoms with Gasteiger partial charge in [-0.2, -0.15) is 5.10 Å². The number of carbonyl (C=O) groups is 3. The van der Waals surface area contributed by atoms with Crippen LogP contribution in [-0.2, 0) is 14.4 Å². The zero-order valence-electron chi connectivity index (χ0n) is 13.0. The first-order valence-electron chi connectivity index (χ1n) is 7.31. The zero-order chi connectivity index (χ0) is 18.1. The Morgan fingerprint density at radius 3 is 2.80 bits per heavy atom. The highest BCUT2D eigenvalue weighted by atomic mass is 32.2. The minimum absolute atomic E-state index is 0.152. The van der Waals surface area contributed by atoms with Crippen molar-refractivity contribution in [2.24, 2.45) is 10.2 Å². The molecule has 1 aliphatic heterocycles. The number of aliphatic carboxylic acids is 1. The number of allylic oxidation sites excluding steroid dienone is 1. The van der Waals surface area contributed by atoms with Gasteiger partial charge in [-0.25, -0.2) is 0 Å². The number of thioether (sulfide) groups is 1. The van der Waals surface area contributed by atoms with Crippen molar-refractivity contribution in [3.8, 4) is 0 Å². The quantitative estimate of drug-likeness (QED) is 0.503. The summed E-state index contributed by atoms with van der Waals surface area (Å²) in [4.78, 5) is 33.5. The highest BCUT2D eigenvalue weighted by Crippen LogP contribution is 2.22. The van der Waals surface area contributed by atoms with Crippen molar-refractivity contribution in [2.45, 2.75) is 11.7 Å². The third-order valence-corrected chi connectivity index (χ3v) is 4.04. The largest absolute Gasteiger partial charge is 0.548 e. The van der Waals surface area contributed by atoms with Crippen LogP contribution in [0.5, 0.6) is 0 Å². The fourth-order valence-electron chi connectivity index (χ4n) is 1.84. The van der Waals surface area contributed by atoms with E-state index in [1.807, 2.05) is 36.4 Å². The molecule has 2 amide bonds. The molecule has 1 aliphatic rings. The van der Waals surface area contributed by atoms with Gasteiger partial charge in [-0.3, -0.25) is 9.59 Å². The fourth-order valence-corrected chi connectivity index (χ4v) is 2.76. The molecule has 2 rings (SSSR count). The standard InChI is InChI=1S/C16H16N4O4S/c21-13(17-10-14(22)23)9-12-15(24)19-16(25-12)20-18-8-4-7-11-5-2-1-3-6-11/h1-8,12H,9-10H2,(H,17,21)(H,22,23)(H,19,20,24)/p-1/b7-4+,18-8-/t12-/m0/s1. The number of amides is 2. The van der Waals surface area contributed by atoms with Crippen LogP contribution in [0.2, 0.25) is 0 Å². The lowest BCUT2D eigenvalue weighted by Crippen LogP contribution is -2.39. The summed E-state index contributed by atoms with van der Waals surface area (Å²) in [5, 5.41) is 22.2.